The minimum absolute atomic E-state index is 0.619. The first-order valence-electron chi connectivity index (χ1n) is 5.87. The molecule has 1 heteroatoms. The van der Waals surface area contributed by atoms with E-state index in [1.54, 1.807) is 0 Å². The SMILES string of the molecule is CC#CCC1CCCC1CNC(C)C. The summed E-state index contributed by atoms with van der Waals surface area (Å²) in [6, 6.07) is 0.619. The molecule has 0 aromatic carbocycles. The van der Waals surface area contributed by atoms with Crippen molar-refractivity contribution >= 4 is 0 Å². The molecule has 0 spiro atoms. The van der Waals surface area contributed by atoms with E-state index in [9.17, 15) is 0 Å². The molecule has 0 heterocycles. The highest BCUT2D eigenvalue weighted by atomic mass is 14.9. The minimum Gasteiger partial charge on any atom is -0.314 e. The van der Waals surface area contributed by atoms with Crippen LogP contribution >= 0.6 is 0 Å². The lowest BCUT2D eigenvalue weighted by Crippen LogP contribution is -2.30. The maximum absolute atomic E-state index is 3.55. The fourth-order valence-electron chi connectivity index (χ4n) is 2.27. The molecule has 0 aliphatic heterocycles. The van der Waals surface area contributed by atoms with Crippen LogP contribution in [0, 0.1) is 23.7 Å². The van der Waals surface area contributed by atoms with Gasteiger partial charge in [-0.2, -0.15) is 0 Å². The van der Waals surface area contributed by atoms with Crippen LogP contribution in [0.2, 0.25) is 0 Å². The standard InChI is InChI=1S/C13H23N/c1-4-5-7-12-8-6-9-13(12)10-14-11(2)3/h11-14H,6-10H2,1-3H3. The zero-order valence-electron chi connectivity index (χ0n) is 9.77. The van der Waals surface area contributed by atoms with Gasteiger partial charge in [0.15, 0.2) is 0 Å². The normalized spacial score (nSPS) is 26.3. The summed E-state index contributed by atoms with van der Waals surface area (Å²) >= 11 is 0. The molecular formula is C13H23N. The highest BCUT2D eigenvalue weighted by Gasteiger charge is 2.25. The molecule has 1 rings (SSSR count). The van der Waals surface area contributed by atoms with Gasteiger partial charge in [-0.05, 0) is 38.1 Å². The van der Waals surface area contributed by atoms with Crippen molar-refractivity contribution in [3.63, 3.8) is 0 Å². The zero-order chi connectivity index (χ0) is 10.4. The van der Waals surface area contributed by atoms with Gasteiger partial charge in [0.05, 0.1) is 0 Å². The zero-order valence-corrected chi connectivity index (χ0v) is 9.77. The van der Waals surface area contributed by atoms with Crippen molar-refractivity contribution in [3.8, 4) is 11.8 Å². The first-order valence-corrected chi connectivity index (χ1v) is 5.87. The Kier molecular flexibility index (Phi) is 5.04. The molecule has 1 aliphatic carbocycles. The Hall–Kier alpha value is -0.480. The molecule has 2 atom stereocenters. The molecule has 0 saturated heterocycles. The number of hydrogen-bond acceptors (Lipinski definition) is 1. The highest BCUT2D eigenvalue weighted by Crippen LogP contribution is 2.33. The number of nitrogens with one attached hydrogen (secondary N) is 1. The summed E-state index contributed by atoms with van der Waals surface area (Å²) in [4.78, 5) is 0. The van der Waals surface area contributed by atoms with Gasteiger partial charge in [-0.3, -0.25) is 0 Å². The fourth-order valence-corrected chi connectivity index (χ4v) is 2.27. The van der Waals surface area contributed by atoms with Gasteiger partial charge < -0.3 is 5.32 Å². The molecule has 2 unspecified atom stereocenters. The molecule has 1 aliphatic rings. The van der Waals surface area contributed by atoms with E-state index in [-0.39, 0.29) is 0 Å². The molecular weight excluding hydrogens is 170 g/mol. The monoisotopic (exact) mass is 193 g/mol. The van der Waals surface area contributed by atoms with E-state index in [2.05, 4.69) is 31.0 Å². The Morgan fingerprint density at radius 3 is 2.64 bits per heavy atom. The van der Waals surface area contributed by atoms with Crippen molar-refractivity contribution in [1.29, 1.82) is 0 Å². The lowest BCUT2D eigenvalue weighted by Gasteiger charge is -2.19. The van der Waals surface area contributed by atoms with Gasteiger partial charge in [0.1, 0.15) is 0 Å². The van der Waals surface area contributed by atoms with E-state index < -0.39 is 0 Å². The lowest BCUT2D eigenvalue weighted by molar-refractivity contribution is 0.361. The van der Waals surface area contributed by atoms with Crippen LogP contribution in [0.25, 0.3) is 0 Å². The highest BCUT2D eigenvalue weighted by molar-refractivity contribution is 4.98. The van der Waals surface area contributed by atoms with Crippen LogP contribution in [0.15, 0.2) is 0 Å². The van der Waals surface area contributed by atoms with E-state index in [1.165, 1.54) is 25.8 Å². The third kappa shape index (κ3) is 3.72. The summed E-state index contributed by atoms with van der Waals surface area (Å²) in [5.74, 6) is 7.97. The van der Waals surface area contributed by atoms with Gasteiger partial charge >= 0.3 is 0 Å². The molecule has 0 amide bonds. The Labute approximate surface area is 88.7 Å². The molecule has 1 saturated carbocycles. The van der Waals surface area contributed by atoms with Gasteiger partial charge in [-0.15, -0.1) is 11.8 Å². The van der Waals surface area contributed by atoms with Gasteiger partial charge in [0.2, 0.25) is 0 Å². The average Bonchev–Trinajstić information content (AvgIpc) is 2.58. The van der Waals surface area contributed by atoms with Crippen LogP contribution < -0.4 is 5.32 Å². The maximum atomic E-state index is 3.55. The molecule has 1 fully saturated rings. The van der Waals surface area contributed by atoms with Crippen molar-refractivity contribution in [2.75, 3.05) is 6.54 Å². The first-order chi connectivity index (χ1) is 6.74. The molecule has 14 heavy (non-hydrogen) atoms. The summed E-state index contributed by atoms with van der Waals surface area (Å²) in [5, 5.41) is 3.55. The second-order valence-electron chi connectivity index (χ2n) is 4.64. The summed E-state index contributed by atoms with van der Waals surface area (Å²) < 4.78 is 0. The molecule has 0 aromatic heterocycles. The van der Waals surface area contributed by atoms with Crippen LogP contribution in [0.1, 0.15) is 46.5 Å². The minimum atomic E-state index is 0.619. The van der Waals surface area contributed by atoms with Crippen LogP contribution in [-0.4, -0.2) is 12.6 Å². The van der Waals surface area contributed by atoms with Crippen molar-refractivity contribution in [2.45, 2.75) is 52.5 Å². The summed E-state index contributed by atoms with van der Waals surface area (Å²) in [5.41, 5.74) is 0. The van der Waals surface area contributed by atoms with Gasteiger partial charge in [0.25, 0.3) is 0 Å². The van der Waals surface area contributed by atoms with Crippen molar-refractivity contribution in [1.82, 2.24) is 5.32 Å². The molecule has 1 N–H and O–H groups in total. The van der Waals surface area contributed by atoms with Crippen LogP contribution in [0.3, 0.4) is 0 Å². The lowest BCUT2D eigenvalue weighted by atomic mass is 9.93. The third-order valence-corrected chi connectivity index (χ3v) is 3.15. The van der Waals surface area contributed by atoms with Gasteiger partial charge in [-0.1, -0.05) is 20.3 Å². The average molecular weight is 193 g/mol. The topological polar surface area (TPSA) is 12.0 Å². The van der Waals surface area contributed by atoms with Crippen molar-refractivity contribution in [3.05, 3.63) is 0 Å². The molecule has 0 aromatic rings. The van der Waals surface area contributed by atoms with Gasteiger partial charge in [-0.25, -0.2) is 0 Å². The van der Waals surface area contributed by atoms with Crippen LogP contribution in [-0.2, 0) is 0 Å². The number of hydrogen-bond donors (Lipinski definition) is 1. The Bertz CT molecular complexity index is 209. The maximum Gasteiger partial charge on any atom is 0.0120 e. The predicted octanol–water partition coefficient (Wildman–Crippen LogP) is 2.81. The molecule has 1 nitrogen and oxygen atoms in total. The number of rotatable bonds is 4. The molecule has 80 valence electrons. The van der Waals surface area contributed by atoms with Gasteiger partial charge in [0, 0.05) is 12.5 Å². The second-order valence-corrected chi connectivity index (χ2v) is 4.64. The quantitative estimate of drug-likeness (QED) is 0.677. The summed E-state index contributed by atoms with van der Waals surface area (Å²) in [7, 11) is 0. The Morgan fingerprint density at radius 1 is 1.29 bits per heavy atom. The van der Waals surface area contributed by atoms with E-state index in [4.69, 9.17) is 0 Å². The summed E-state index contributed by atoms with van der Waals surface area (Å²) in [6.45, 7) is 7.57. The summed E-state index contributed by atoms with van der Waals surface area (Å²) in [6.07, 6.45) is 5.30. The van der Waals surface area contributed by atoms with E-state index >= 15 is 0 Å². The van der Waals surface area contributed by atoms with E-state index in [0.717, 1.165) is 18.3 Å². The van der Waals surface area contributed by atoms with E-state index in [1.807, 2.05) is 6.92 Å². The Morgan fingerprint density at radius 2 is 2.00 bits per heavy atom. The molecule has 0 radical (unpaired) electrons. The first kappa shape index (κ1) is 11.6. The fraction of sp³-hybridized carbons (Fsp3) is 0.846. The van der Waals surface area contributed by atoms with Crippen molar-refractivity contribution in [2.24, 2.45) is 11.8 Å². The van der Waals surface area contributed by atoms with E-state index in [0.29, 0.717) is 6.04 Å². The largest absolute Gasteiger partial charge is 0.314 e. The Balaban J connectivity index is 2.30. The molecule has 0 bridgehead atoms. The van der Waals surface area contributed by atoms with Crippen LogP contribution in [0.4, 0.5) is 0 Å². The van der Waals surface area contributed by atoms with Crippen LogP contribution in [0.5, 0.6) is 0 Å². The second kappa shape index (κ2) is 6.09. The van der Waals surface area contributed by atoms with Crippen molar-refractivity contribution < 1.29 is 0 Å². The predicted molar refractivity (Wildman–Crippen MR) is 62.0 cm³/mol. The smallest absolute Gasteiger partial charge is 0.0120 e. The third-order valence-electron chi connectivity index (χ3n) is 3.15.